The zero-order valence-electron chi connectivity index (χ0n) is 22.8. The number of hydrogen-bond donors (Lipinski definition) is 0. The molecule has 207 valence electrons. The molecule has 0 aliphatic heterocycles. The van der Waals surface area contributed by atoms with Gasteiger partial charge >= 0.3 is 24.8 Å². The third-order valence-corrected chi connectivity index (χ3v) is 13.1. The van der Waals surface area contributed by atoms with Crippen LogP contribution in [0.1, 0.15) is 0 Å². The van der Waals surface area contributed by atoms with E-state index in [0.717, 1.165) is 0 Å². The fourth-order valence-corrected chi connectivity index (χ4v) is 11.2. The average Bonchev–Trinajstić information content (AvgIpc) is 3.07. The third kappa shape index (κ3) is 5.95. The van der Waals surface area contributed by atoms with Crippen molar-refractivity contribution in [1.29, 1.82) is 0 Å². The van der Waals surface area contributed by atoms with Crippen LogP contribution in [0.15, 0.2) is 164 Å². The predicted octanol–water partition coefficient (Wildman–Crippen LogP) is 7.46. The number of hydrogen-bond acceptors (Lipinski definition) is 0. The molecule has 0 aliphatic rings. The molecule has 0 saturated carbocycles. The molecule has 0 atom stereocenters. The Morgan fingerprint density at radius 1 is 0.381 bits per heavy atom. The SMILES string of the molecule is [Cl][Ni].[c-]1c2c([PH+](c3ccccc3)c3ccccc3)cccc2cc2cccc([PH+](c3ccccc3)c3ccccc3)c12. The molecule has 0 unspecified atom stereocenters. The maximum atomic E-state index is 4.26. The van der Waals surface area contributed by atoms with Crippen molar-refractivity contribution in [1.82, 2.24) is 0 Å². The molecular weight excluding hydrogens is 613 g/mol. The second-order valence-corrected chi connectivity index (χ2v) is 14.9. The first-order chi connectivity index (χ1) is 20.9. The summed E-state index contributed by atoms with van der Waals surface area (Å²) < 4.78 is 0. The Morgan fingerprint density at radius 2 is 0.690 bits per heavy atom. The zero-order valence-corrected chi connectivity index (χ0v) is 26.5. The molecule has 0 bridgehead atoms. The Morgan fingerprint density at radius 3 is 1.00 bits per heavy atom. The molecule has 0 heterocycles. The third-order valence-electron chi connectivity index (χ3n) is 7.54. The van der Waals surface area contributed by atoms with Gasteiger partial charge in [0.05, 0.1) is 37.1 Å². The minimum atomic E-state index is -1.23. The van der Waals surface area contributed by atoms with Gasteiger partial charge in [0.15, 0.2) is 0 Å². The van der Waals surface area contributed by atoms with E-state index in [2.05, 4.69) is 195 Å². The standard InChI is InChI=1S/C38H27P2.ClH.Ni/c1-5-17-31(18-6-1)39(32-19-7-2-8-20-32)37-25-13-15-29-27-30-16-14-26-38(36(30)28-35(29)37)40(33-21-9-3-10-22-33)34-23-11-4-12-24-34;;/h1-27H;1H;/q-1;;+1/p+1. The van der Waals surface area contributed by atoms with Gasteiger partial charge in [-0.15, -0.1) is 12.1 Å². The summed E-state index contributed by atoms with van der Waals surface area (Å²) in [4.78, 5) is 0. The number of halogens is 1. The van der Waals surface area contributed by atoms with Crippen LogP contribution in [-0.4, -0.2) is 0 Å². The van der Waals surface area contributed by atoms with Gasteiger partial charge in [0, 0.05) is 10.6 Å². The molecule has 0 saturated heterocycles. The summed E-state index contributed by atoms with van der Waals surface area (Å²) in [7, 11) is 1.81. The number of fused-ring (bicyclic) bond motifs is 2. The van der Waals surface area contributed by atoms with E-state index in [1.807, 2.05) is 0 Å². The molecule has 7 rings (SSSR count). The van der Waals surface area contributed by atoms with Crippen molar-refractivity contribution in [2.24, 2.45) is 0 Å². The van der Waals surface area contributed by atoms with Crippen molar-refractivity contribution in [2.75, 3.05) is 0 Å². The molecule has 0 aliphatic carbocycles. The van der Waals surface area contributed by atoms with Crippen molar-refractivity contribution >= 4 is 79.4 Å². The van der Waals surface area contributed by atoms with Crippen LogP contribution in [0.3, 0.4) is 0 Å². The molecule has 4 heteroatoms. The summed E-state index contributed by atoms with van der Waals surface area (Å²) in [5, 5.41) is 13.4. The van der Waals surface area contributed by atoms with E-state index >= 15 is 0 Å². The second kappa shape index (κ2) is 13.8. The van der Waals surface area contributed by atoms with E-state index in [1.165, 1.54) is 53.4 Å². The molecule has 0 N–H and O–H groups in total. The predicted molar refractivity (Wildman–Crippen MR) is 186 cm³/mol. The van der Waals surface area contributed by atoms with E-state index in [0.29, 0.717) is 0 Å². The van der Waals surface area contributed by atoms with E-state index in [-0.39, 0.29) is 0 Å². The quantitative estimate of drug-likeness (QED) is 0.0766. The van der Waals surface area contributed by atoms with Crippen molar-refractivity contribution < 1.29 is 14.6 Å². The van der Waals surface area contributed by atoms with Crippen LogP contribution < -0.4 is 31.8 Å². The van der Waals surface area contributed by atoms with Crippen molar-refractivity contribution in [2.45, 2.75) is 0 Å². The maximum Gasteiger partial charge on any atom is 0.0951 e. The summed E-state index contributed by atoms with van der Waals surface area (Å²) >= 11 is 3.35. The van der Waals surface area contributed by atoms with Crippen LogP contribution >= 0.6 is 26.0 Å². The summed E-state index contributed by atoms with van der Waals surface area (Å²) in [6.07, 6.45) is 0. The summed E-state index contributed by atoms with van der Waals surface area (Å²) in [6.45, 7) is 0. The van der Waals surface area contributed by atoms with E-state index in [1.54, 1.807) is 0 Å². The molecule has 0 fully saturated rings. The summed E-state index contributed by atoms with van der Waals surface area (Å²) in [6, 6.07) is 64.1. The summed E-state index contributed by atoms with van der Waals surface area (Å²) in [5.41, 5.74) is 0. The van der Waals surface area contributed by atoms with Crippen molar-refractivity contribution in [3.8, 4) is 0 Å². The van der Waals surface area contributed by atoms with Gasteiger partial charge in [-0.2, -0.15) is 0 Å². The van der Waals surface area contributed by atoms with Gasteiger partial charge in [-0.3, -0.25) is 0 Å². The number of benzene rings is 7. The molecule has 0 amide bonds. The molecular formula is C38H29ClNiP2+. The van der Waals surface area contributed by atoms with Gasteiger partial charge < -0.3 is 0 Å². The van der Waals surface area contributed by atoms with Gasteiger partial charge in [-0.25, -0.2) is 0 Å². The van der Waals surface area contributed by atoms with Crippen LogP contribution in [-0.2, 0) is 14.6 Å². The van der Waals surface area contributed by atoms with E-state index in [9.17, 15) is 0 Å². The normalized spacial score (nSPS) is 11.1. The molecule has 0 radical (unpaired) electrons. The van der Waals surface area contributed by atoms with Crippen LogP contribution in [0.4, 0.5) is 0 Å². The molecule has 42 heavy (non-hydrogen) atoms. The first-order valence-electron chi connectivity index (χ1n) is 13.8. The zero-order chi connectivity index (χ0) is 28.7. The van der Waals surface area contributed by atoms with Crippen LogP contribution in [0.5, 0.6) is 0 Å². The Hall–Kier alpha value is -3.30. The minimum absolute atomic E-state index is 1.23. The molecule has 7 aromatic rings. The monoisotopic (exact) mass is 640 g/mol. The Bertz CT molecular complexity index is 1680. The molecule has 0 spiro atoms. The second-order valence-electron chi connectivity index (χ2n) is 10.0. The number of rotatable bonds is 6. The molecule has 7 aromatic carbocycles. The summed E-state index contributed by atoms with van der Waals surface area (Å²) in [5.74, 6) is 0. The van der Waals surface area contributed by atoms with Crippen molar-refractivity contribution in [3.05, 3.63) is 170 Å². The Balaban J connectivity index is 0.00000155. The maximum absolute atomic E-state index is 4.26. The van der Waals surface area contributed by atoms with Gasteiger partial charge in [0.1, 0.15) is 0 Å². The molecule has 0 aromatic heterocycles. The minimum Gasteiger partial charge on any atom is -0.114 e. The first-order valence-corrected chi connectivity index (χ1v) is 18.2. The average molecular weight is 642 g/mol. The van der Waals surface area contributed by atoms with Gasteiger partial charge in [-0.1, -0.05) is 131 Å². The van der Waals surface area contributed by atoms with Gasteiger partial charge in [-0.05, 0) is 48.5 Å². The van der Waals surface area contributed by atoms with Gasteiger partial charge in [0.25, 0.3) is 0 Å². The van der Waals surface area contributed by atoms with Crippen LogP contribution in [0.25, 0.3) is 21.5 Å². The Labute approximate surface area is 262 Å². The molecule has 0 nitrogen and oxygen atoms in total. The topological polar surface area (TPSA) is 0 Å². The van der Waals surface area contributed by atoms with Crippen LogP contribution in [0, 0.1) is 6.07 Å². The van der Waals surface area contributed by atoms with Gasteiger partial charge in [0.2, 0.25) is 0 Å². The van der Waals surface area contributed by atoms with E-state index < -0.39 is 15.8 Å². The van der Waals surface area contributed by atoms with E-state index in [4.69, 9.17) is 0 Å². The first kappa shape index (κ1) is 28.8. The smallest absolute Gasteiger partial charge is 0.0951 e. The fourth-order valence-electron chi connectivity index (χ4n) is 5.74. The fraction of sp³-hybridized carbons (Fsp3) is 0. The Kier molecular flexibility index (Phi) is 9.45. The van der Waals surface area contributed by atoms with Crippen LogP contribution in [0.2, 0.25) is 0 Å². The largest absolute Gasteiger partial charge is 0.114 e. The van der Waals surface area contributed by atoms with Crippen molar-refractivity contribution in [3.63, 3.8) is 0 Å².